The van der Waals surface area contributed by atoms with Crippen molar-refractivity contribution in [1.82, 2.24) is 10.2 Å². The van der Waals surface area contributed by atoms with E-state index in [1.807, 2.05) is 20.8 Å². The number of benzene rings is 1. The summed E-state index contributed by atoms with van der Waals surface area (Å²) in [6, 6.07) is 4.11. The zero-order valence-electron chi connectivity index (χ0n) is 17.7. The van der Waals surface area contributed by atoms with Gasteiger partial charge in [-0.2, -0.15) is 0 Å². The van der Waals surface area contributed by atoms with Crippen molar-refractivity contribution in [3.8, 4) is 5.75 Å². The number of β-amino-alcohol motifs (C(OH)–C–C–N with tert-alkyl or cyclic N) is 1. The Morgan fingerprint density at radius 1 is 1.09 bits per heavy atom. The molecule has 2 rings (SSSR count). The molecular formula is C18H24N4O10. The van der Waals surface area contributed by atoms with Crippen LogP contribution in [0.1, 0.15) is 41.5 Å². The molecule has 1 aromatic rings. The van der Waals surface area contributed by atoms with Crippen molar-refractivity contribution in [3.63, 3.8) is 0 Å². The van der Waals surface area contributed by atoms with Crippen LogP contribution >= 0.6 is 0 Å². The Morgan fingerprint density at radius 2 is 1.75 bits per heavy atom. The lowest BCUT2D eigenvalue weighted by Gasteiger charge is -2.23. The van der Waals surface area contributed by atoms with E-state index in [1.165, 1.54) is 18.2 Å². The first-order valence-electron chi connectivity index (χ1n) is 9.52. The van der Waals surface area contributed by atoms with Crippen LogP contribution in [0.5, 0.6) is 5.75 Å². The molecule has 1 aliphatic heterocycles. The fraction of sp³-hybridized carbons (Fsp3) is 0.556. The van der Waals surface area contributed by atoms with Crippen LogP contribution in [0.4, 0.5) is 0 Å². The van der Waals surface area contributed by atoms with E-state index in [9.17, 15) is 34.9 Å². The average Bonchev–Trinajstić information content (AvgIpc) is 2.92. The number of nitrogens with zero attached hydrogens (tertiary/aromatic N) is 3. The van der Waals surface area contributed by atoms with Gasteiger partial charge < -0.3 is 24.8 Å². The van der Waals surface area contributed by atoms with Gasteiger partial charge in [-0.15, -0.1) is 20.2 Å². The third-order valence-electron chi connectivity index (χ3n) is 4.24. The molecule has 0 spiro atoms. The zero-order valence-corrected chi connectivity index (χ0v) is 17.7. The van der Waals surface area contributed by atoms with Gasteiger partial charge in [0.25, 0.3) is 22.0 Å². The van der Waals surface area contributed by atoms with Crippen LogP contribution in [-0.4, -0.2) is 76.0 Å². The summed E-state index contributed by atoms with van der Waals surface area (Å²) in [6.45, 7) is 4.57. The highest BCUT2D eigenvalue weighted by Gasteiger charge is 2.38. The van der Waals surface area contributed by atoms with E-state index in [0.29, 0.717) is 4.90 Å². The van der Waals surface area contributed by atoms with Crippen molar-refractivity contribution >= 4 is 11.8 Å². The number of rotatable bonds is 12. The fourth-order valence-electron chi connectivity index (χ4n) is 2.79. The van der Waals surface area contributed by atoms with Gasteiger partial charge >= 0.3 is 0 Å². The number of hydrogen-bond donors (Lipinski definition) is 2. The third kappa shape index (κ3) is 7.02. The van der Waals surface area contributed by atoms with Crippen molar-refractivity contribution in [2.45, 2.75) is 38.5 Å². The Bertz CT molecular complexity index is 885. The van der Waals surface area contributed by atoms with Gasteiger partial charge in [-0.25, -0.2) is 0 Å². The minimum Gasteiger partial charge on any atom is -0.491 e. The standard InChI is InChI=1S/C18H24N4O10/c1-18(2,3)19-7-11(23)9-30-12-4-5-14-15(6-12)17(25)20(16(14)24)8-13(32-22(28)29)10-31-21(26)27/h4-6,11,13,19,23H,7-10H2,1-3H3. The van der Waals surface area contributed by atoms with E-state index in [2.05, 4.69) is 15.0 Å². The maximum atomic E-state index is 12.7. The van der Waals surface area contributed by atoms with Gasteiger partial charge in [-0.1, -0.05) is 0 Å². The number of nitrogens with one attached hydrogen (secondary N) is 1. The molecule has 176 valence electrons. The van der Waals surface area contributed by atoms with E-state index in [4.69, 9.17) is 4.74 Å². The molecule has 2 unspecified atom stereocenters. The Kier molecular flexibility index (Phi) is 7.88. The first-order valence-corrected chi connectivity index (χ1v) is 9.52. The minimum absolute atomic E-state index is 0.00939. The molecule has 0 aromatic heterocycles. The third-order valence-corrected chi connectivity index (χ3v) is 4.24. The van der Waals surface area contributed by atoms with Crippen molar-refractivity contribution in [1.29, 1.82) is 0 Å². The SMILES string of the molecule is CC(C)(C)NCC(O)COc1ccc2c(c1)C(=O)N(CC(CO[N+](=O)[O-])O[N+](=O)[O-])C2=O. The number of ether oxygens (including phenoxy) is 1. The molecule has 0 bridgehead atoms. The van der Waals surface area contributed by atoms with Crippen molar-refractivity contribution in [2.75, 3.05) is 26.3 Å². The Hall–Kier alpha value is -3.52. The van der Waals surface area contributed by atoms with Crippen LogP contribution in [-0.2, 0) is 9.68 Å². The van der Waals surface area contributed by atoms with Gasteiger partial charge in [0.2, 0.25) is 0 Å². The average molecular weight is 456 g/mol. The molecule has 0 radical (unpaired) electrons. The summed E-state index contributed by atoms with van der Waals surface area (Å²) in [5, 5.41) is 31.7. The van der Waals surface area contributed by atoms with Gasteiger partial charge in [0.05, 0.1) is 17.7 Å². The van der Waals surface area contributed by atoms with Crippen molar-refractivity contribution in [2.24, 2.45) is 0 Å². The van der Waals surface area contributed by atoms with E-state index in [1.54, 1.807) is 0 Å². The Balaban J connectivity index is 2.04. The highest BCUT2D eigenvalue weighted by Crippen LogP contribution is 2.27. The summed E-state index contributed by atoms with van der Waals surface area (Å²) in [7, 11) is 0. The largest absolute Gasteiger partial charge is 0.491 e. The first kappa shape index (κ1) is 24.7. The van der Waals surface area contributed by atoms with Gasteiger partial charge in [0.15, 0.2) is 0 Å². The first-order chi connectivity index (χ1) is 14.9. The highest BCUT2D eigenvalue weighted by atomic mass is 17.0. The number of carbonyl (C=O) groups is 2. The molecule has 14 heteroatoms. The fourth-order valence-corrected chi connectivity index (χ4v) is 2.79. The second kappa shape index (κ2) is 10.2. The van der Waals surface area contributed by atoms with Gasteiger partial charge in [0, 0.05) is 12.1 Å². The Morgan fingerprint density at radius 3 is 2.34 bits per heavy atom. The number of carbonyl (C=O) groups excluding carboxylic acids is 2. The van der Waals surface area contributed by atoms with Crippen LogP contribution in [0.25, 0.3) is 0 Å². The molecule has 32 heavy (non-hydrogen) atoms. The molecule has 0 saturated carbocycles. The summed E-state index contributed by atoms with van der Waals surface area (Å²) in [5.74, 6) is -1.29. The van der Waals surface area contributed by atoms with Crippen LogP contribution in [0, 0.1) is 20.2 Å². The lowest BCUT2D eigenvalue weighted by molar-refractivity contribution is -0.789. The number of aliphatic hydroxyl groups excluding tert-OH is 1. The maximum absolute atomic E-state index is 12.7. The van der Waals surface area contributed by atoms with E-state index in [-0.39, 0.29) is 35.6 Å². The number of imide groups is 1. The van der Waals surface area contributed by atoms with Crippen LogP contribution in [0.15, 0.2) is 18.2 Å². The lowest BCUT2D eigenvalue weighted by Crippen LogP contribution is -2.42. The van der Waals surface area contributed by atoms with Gasteiger partial charge in [0.1, 0.15) is 31.2 Å². The second-order valence-corrected chi connectivity index (χ2v) is 7.99. The molecule has 0 aliphatic carbocycles. The summed E-state index contributed by atoms with van der Waals surface area (Å²) < 4.78 is 5.49. The number of aliphatic hydroxyl groups is 1. The summed E-state index contributed by atoms with van der Waals surface area (Å²) in [5.41, 5.74) is -0.163. The quantitative estimate of drug-likeness (QED) is 0.249. The normalized spacial score (nSPS) is 15.2. The number of fused-ring (bicyclic) bond motifs is 1. The smallest absolute Gasteiger partial charge is 0.294 e. The molecule has 14 nitrogen and oxygen atoms in total. The summed E-state index contributed by atoms with van der Waals surface area (Å²) in [6.07, 6.45) is -2.38. The van der Waals surface area contributed by atoms with Gasteiger partial charge in [-0.05, 0) is 39.0 Å². The molecule has 1 aliphatic rings. The molecule has 2 N–H and O–H groups in total. The molecular weight excluding hydrogens is 432 g/mol. The van der Waals surface area contributed by atoms with Crippen molar-refractivity contribution in [3.05, 3.63) is 49.6 Å². The van der Waals surface area contributed by atoms with Crippen LogP contribution in [0.2, 0.25) is 0 Å². The van der Waals surface area contributed by atoms with E-state index in [0.717, 1.165) is 0 Å². The monoisotopic (exact) mass is 456 g/mol. The summed E-state index contributed by atoms with van der Waals surface area (Å²) >= 11 is 0. The molecule has 0 fully saturated rings. The molecule has 2 atom stereocenters. The van der Waals surface area contributed by atoms with E-state index < -0.39 is 47.3 Å². The highest BCUT2D eigenvalue weighted by molar-refractivity contribution is 6.21. The number of hydrogen-bond acceptors (Lipinski definition) is 11. The topological polar surface area (TPSA) is 184 Å². The Labute approximate surface area is 182 Å². The molecule has 1 aromatic carbocycles. The zero-order chi connectivity index (χ0) is 24.1. The van der Waals surface area contributed by atoms with Crippen molar-refractivity contribution < 1.29 is 39.3 Å². The molecule has 0 saturated heterocycles. The minimum atomic E-state index is -1.56. The second-order valence-electron chi connectivity index (χ2n) is 7.99. The summed E-state index contributed by atoms with van der Waals surface area (Å²) in [4.78, 5) is 55.2. The van der Waals surface area contributed by atoms with Crippen LogP contribution in [0.3, 0.4) is 0 Å². The van der Waals surface area contributed by atoms with Crippen LogP contribution < -0.4 is 10.1 Å². The maximum Gasteiger partial charge on any atom is 0.294 e. The predicted molar refractivity (Wildman–Crippen MR) is 106 cm³/mol. The molecule has 2 amide bonds. The van der Waals surface area contributed by atoms with Gasteiger partial charge in [-0.3, -0.25) is 14.5 Å². The predicted octanol–water partition coefficient (Wildman–Crippen LogP) is 0.196. The number of amides is 2. The lowest BCUT2D eigenvalue weighted by atomic mass is 10.1. The molecule has 1 heterocycles. The van der Waals surface area contributed by atoms with E-state index >= 15 is 0 Å².